The Labute approximate surface area is 137 Å². The van der Waals surface area contributed by atoms with Crippen molar-refractivity contribution >= 4 is 34.2 Å². The molecule has 2 N–H and O–H groups in total. The highest BCUT2D eigenvalue weighted by atomic mass is 32.2. The summed E-state index contributed by atoms with van der Waals surface area (Å²) in [7, 11) is 1.93. The molecule has 3 rings (SSSR count). The van der Waals surface area contributed by atoms with Crippen LogP contribution in [0.5, 0.6) is 0 Å². The molecule has 2 aromatic rings. The molecular formula is C16H16N2O2S2. The van der Waals surface area contributed by atoms with E-state index in [-0.39, 0.29) is 16.4 Å². The summed E-state index contributed by atoms with van der Waals surface area (Å²) in [6, 6.07) is 12.5. The number of amides is 2. The Hall–Kier alpha value is -1.63. The minimum atomic E-state index is -0.297. The van der Waals surface area contributed by atoms with E-state index in [9.17, 15) is 9.59 Å². The van der Waals surface area contributed by atoms with Gasteiger partial charge in [-0.25, -0.2) is 0 Å². The largest absolute Gasteiger partial charge is 0.316 e. The van der Waals surface area contributed by atoms with E-state index in [1.165, 1.54) is 16.0 Å². The van der Waals surface area contributed by atoms with Crippen LogP contribution in [-0.4, -0.2) is 23.4 Å². The lowest BCUT2D eigenvalue weighted by Crippen LogP contribution is -2.25. The van der Waals surface area contributed by atoms with E-state index in [0.717, 1.165) is 23.2 Å². The van der Waals surface area contributed by atoms with Crippen molar-refractivity contribution in [1.82, 2.24) is 10.6 Å². The van der Waals surface area contributed by atoms with Crippen LogP contribution in [0.4, 0.5) is 4.79 Å². The Morgan fingerprint density at radius 3 is 2.82 bits per heavy atom. The number of carbonyl (C=O) groups excluding carboxylic acids is 2. The molecule has 114 valence electrons. The van der Waals surface area contributed by atoms with Crippen LogP contribution in [-0.2, 0) is 17.8 Å². The summed E-state index contributed by atoms with van der Waals surface area (Å²) in [5.74, 6) is -0.180. The molecule has 2 heterocycles. The van der Waals surface area contributed by atoms with Crippen LogP contribution < -0.4 is 10.6 Å². The van der Waals surface area contributed by atoms with E-state index >= 15 is 0 Å². The molecular weight excluding hydrogens is 316 g/mol. The molecule has 1 aromatic carbocycles. The van der Waals surface area contributed by atoms with E-state index in [1.54, 1.807) is 11.3 Å². The molecule has 1 aromatic heterocycles. The molecule has 6 heteroatoms. The minimum absolute atomic E-state index is 0.180. The highest BCUT2D eigenvalue weighted by Crippen LogP contribution is 2.32. The normalized spacial score (nSPS) is 17.8. The van der Waals surface area contributed by atoms with Crippen LogP contribution in [0.2, 0.25) is 0 Å². The maximum atomic E-state index is 11.6. The lowest BCUT2D eigenvalue weighted by Gasteiger charge is -2.03. The van der Waals surface area contributed by atoms with Gasteiger partial charge in [0.1, 0.15) is 0 Å². The number of benzene rings is 1. The van der Waals surface area contributed by atoms with Gasteiger partial charge < -0.3 is 5.32 Å². The Morgan fingerprint density at radius 2 is 2.09 bits per heavy atom. The highest BCUT2D eigenvalue weighted by Gasteiger charge is 2.31. The van der Waals surface area contributed by atoms with Crippen molar-refractivity contribution in [3.63, 3.8) is 0 Å². The van der Waals surface area contributed by atoms with Crippen molar-refractivity contribution in [1.29, 1.82) is 0 Å². The van der Waals surface area contributed by atoms with Crippen LogP contribution in [0.25, 0.3) is 10.4 Å². The van der Waals surface area contributed by atoms with Crippen molar-refractivity contribution in [3.05, 3.63) is 46.8 Å². The van der Waals surface area contributed by atoms with Gasteiger partial charge in [-0.1, -0.05) is 30.0 Å². The van der Waals surface area contributed by atoms with Gasteiger partial charge in [0, 0.05) is 22.7 Å². The molecule has 1 fully saturated rings. The SMILES string of the molecule is CNCc1cccc(-c2ccc(CC3SC(=O)NC3=O)s2)c1. The molecule has 1 atom stereocenters. The number of rotatable bonds is 5. The van der Waals surface area contributed by atoms with Crippen molar-refractivity contribution in [2.24, 2.45) is 0 Å². The molecule has 0 saturated carbocycles. The van der Waals surface area contributed by atoms with Crippen molar-refractivity contribution in [3.8, 4) is 10.4 Å². The maximum Gasteiger partial charge on any atom is 0.286 e. The summed E-state index contributed by atoms with van der Waals surface area (Å²) < 4.78 is 0. The molecule has 1 aliphatic rings. The zero-order valence-corrected chi connectivity index (χ0v) is 13.7. The Kier molecular flexibility index (Phi) is 4.61. The Morgan fingerprint density at radius 1 is 1.23 bits per heavy atom. The highest BCUT2D eigenvalue weighted by molar-refractivity contribution is 8.15. The standard InChI is InChI=1S/C16H16N2O2S2/c1-17-9-10-3-2-4-11(7-10)13-6-5-12(21-13)8-14-15(19)18-16(20)22-14/h2-7,14,17H,8-9H2,1H3,(H,18,19,20). The van der Waals surface area contributed by atoms with Crippen molar-refractivity contribution in [2.75, 3.05) is 7.05 Å². The van der Waals surface area contributed by atoms with Gasteiger partial charge >= 0.3 is 0 Å². The minimum Gasteiger partial charge on any atom is -0.316 e. The molecule has 2 amide bonds. The molecule has 1 unspecified atom stereocenters. The maximum absolute atomic E-state index is 11.6. The summed E-state index contributed by atoms with van der Waals surface area (Å²) in [5, 5.41) is 4.94. The predicted octanol–water partition coefficient (Wildman–Crippen LogP) is 3.03. The third-order valence-corrected chi connectivity index (χ3v) is 5.55. The molecule has 0 radical (unpaired) electrons. The molecule has 1 saturated heterocycles. The van der Waals surface area contributed by atoms with E-state index in [1.807, 2.05) is 13.1 Å². The lowest BCUT2D eigenvalue weighted by atomic mass is 10.1. The van der Waals surface area contributed by atoms with Gasteiger partial charge in [0.15, 0.2) is 0 Å². The fourth-order valence-corrected chi connectivity index (χ4v) is 4.39. The quantitative estimate of drug-likeness (QED) is 0.884. The summed E-state index contributed by atoms with van der Waals surface area (Å²) in [6.07, 6.45) is 0.600. The second-order valence-corrected chi connectivity index (χ2v) is 7.43. The van der Waals surface area contributed by atoms with Gasteiger partial charge in [-0.05, 0) is 36.4 Å². The molecule has 1 aliphatic heterocycles. The Balaban J connectivity index is 1.75. The third kappa shape index (κ3) is 3.40. The number of hydrogen-bond donors (Lipinski definition) is 2. The monoisotopic (exact) mass is 332 g/mol. The van der Waals surface area contributed by atoms with Gasteiger partial charge in [-0.2, -0.15) is 0 Å². The number of hydrogen-bond acceptors (Lipinski definition) is 5. The molecule has 22 heavy (non-hydrogen) atoms. The first-order valence-corrected chi connectivity index (χ1v) is 8.69. The van der Waals surface area contributed by atoms with E-state index in [4.69, 9.17) is 0 Å². The third-order valence-electron chi connectivity index (χ3n) is 3.41. The van der Waals surface area contributed by atoms with Gasteiger partial charge in [0.2, 0.25) is 5.91 Å². The van der Waals surface area contributed by atoms with E-state index in [2.05, 4.69) is 41.0 Å². The topological polar surface area (TPSA) is 58.2 Å². The number of nitrogens with one attached hydrogen (secondary N) is 2. The molecule has 4 nitrogen and oxygen atoms in total. The molecule has 0 bridgehead atoms. The Bertz CT molecular complexity index is 712. The average molecular weight is 332 g/mol. The zero-order valence-electron chi connectivity index (χ0n) is 12.1. The van der Waals surface area contributed by atoms with Crippen LogP contribution in [0.1, 0.15) is 10.4 Å². The molecule has 0 aliphatic carbocycles. The summed E-state index contributed by atoms with van der Waals surface area (Å²) in [6.45, 7) is 0.840. The van der Waals surface area contributed by atoms with Gasteiger partial charge in [-0.3, -0.25) is 14.9 Å². The van der Waals surface area contributed by atoms with Crippen molar-refractivity contribution in [2.45, 2.75) is 18.2 Å². The number of thioether (sulfide) groups is 1. The predicted molar refractivity (Wildman–Crippen MR) is 91.1 cm³/mol. The van der Waals surface area contributed by atoms with Crippen LogP contribution in [0.3, 0.4) is 0 Å². The van der Waals surface area contributed by atoms with Gasteiger partial charge in [0.25, 0.3) is 5.24 Å². The number of thiophene rings is 1. The summed E-state index contributed by atoms with van der Waals surface area (Å²) >= 11 is 2.76. The van der Waals surface area contributed by atoms with Crippen LogP contribution in [0, 0.1) is 0 Å². The van der Waals surface area contributed by atoms with E-state index < -0.39 is 0 Å². The second kappa shape index (κ2) is 6.64. The van der Waals surface area contributed by atoms with E-state index in [0.29, 0.717) is 6.42 Å². The number of carbonyl (C=O) groups is 2. The van der Waals surface area contributed by atoms with Crippen molar-refractivity contribution < 1.29 is 9.59 Å². The van der Waals surface area contributed by atoms with Gasteiger partial charge in [-0.15, -0.1) is 11.3 Å². The smallest absolute Gasteiger partial charge is 0.286 e. The fourth-order valence-electron chi connectivity index (χ4n) is 2.39. The summed E-state index contributed by atoms with van der Waals surface area (Å²) in [5.41, 5.74) is 2.43. The van der Waals surface area contributed by atoms with Crippen LogP contribution in [0.15, 0.2) is 36.4 Å². The number of imide groups is 1. The van der Waals surface area contributed by atoms with Crippen LogP contribution >= 0.6 is 23.1 Å². The van der Waals surface area contributed by atoms with Gasteiger partial charge in [0.05, 0.1) is 5.25 Å². The fraction of sp³-hybridized carbons (Fsp3) is 0.250. The summed E-state index contributed by atoms with van der Waals surface area (Å²) in [4.78, 5) is 25.1. The first-order chi connectivity index (χ1) is 10.7. The zero-order chi connectivity index (χ0) is 15.5. The first kappa shape index (κ1) is 15.3. The second-order valence-electron chi connectivity index (χ2n) is 5.08. The lowest BCUT2D eigenvalue weighted by molar-refractivity contribution is -0.118. The average Bonchev–Trinajstić information content (AvgIpc) is 3.07. The molecule has 0 spiro atoms. The first-order valence-electron chi connectivity index (χ1n) is 7.00.